The molecule has 0 aliphatic heterocycles. The van der Waals surface area contributed by atoms with Crippen molar-refractivity contribution in [3.8, 4) is 0 Å². The molecule has 2 rings (SSSR count). The largest absolute Gasteiger partial charge is 0.388 e. The predicted molar refractivity (Wildman–Crippen MR) is 77.7 cm³/mol. The number of nitrogens with one attached hydrogen (secondary N) is 2. The zero-order valence-corrected chi connectivity index (χ0v) is 11.5. The van der Waals surface area contributed by atoms with Gasteiger partial charge in [0.25, 0.3) is 0 Å². The summed E-state index contributed by atoms with van der Waals surface area (Å²) in [6.07, 6.45) is 5.19. The Morgan fingerprint density at radius 1 is 1.37 bits per heavy atom. The lowest BCUT2D eigenvalue weighted by atomic mass is 9.78. The molecule has 19 heavy (non-hydrogen) atoms. The van der Waals surface area contributed by atoms with E-state index in [0.29, 0.717) is 12.4 Å². The van der Waals surface area contributed by atoms with Crippen LogP contribution in [0.2, 0.25) is 0 Å². The van der Waals surface area contributed by atoms with Crippen LogP contribution in [-0.4, -0.2) is 22.2 Å². The zero-order valence-electron chi connectivity index (χ0n) is 11.5. The SMILES string of the molecule is CCC1CCC(O)(CNc2cccc(NN)n2)CC1. The molecular weight excluding hydrogens is 240 g/mol. The average molecular weight is 264 g/mol. The lowest BCUT2D eigenvalue weighted by Gasteiger charge is -2.36. The van der Waals surface area contributed by atoms with E-state index in [4.69, 9.17) is 5.84 Å². The third-order valence-corrected chi connectivity index (χ3v) is 4.11. The van der Waals surface area contributed by atoms with Gasteiger partial charge in [0, 0.05) is 6.54 Å². The van der Waals surface area contributed by atoms with Gasteiger partial charge in [-0.15, -0.1) is 0 Å². The van der Waals surface area contributed by atoms with E-state index >= 15 is 0 Å². The molecule has 1 aromatic rings. The summed E-state index contributed by atoms with van der Waals surface area (Å²) in [5.41, 5.74) is 1.92. The average Bonchev–Trinajstić information content (AvgIpc) is 2.46. The van der Waals surface area contributed by atoms with Crippen molar-refractivity contribution in [3.63, 3.8) is 0 Å². The van der Waals surface area contributed by atoms with Crippen molar-refractivity contribution in [1.29, 1.82) is 0 Å². The zero-order chi connectivity index (χ0) is 13.7. The Balaban J connectivity index is 1.87. The van der Waals surface area contributed by atoms with E-state index in [-0.39, 0.29) is 0 Å². The summed E-state index contributed by atoms with van der Waals surface area (Å²) in [5, 5.41) is 13.7. The minimum Gasteiger partial charge on any atom is -0.388 e. The molecule has 5 nitrogen and oxygen atoms in total. The van der Waals surface area contributed by atoms with Gasteiger partial charge in [-0.2, -0.15) is 0 Å². The number of aromatic nitrogens is 1. The number of hydrazine groups is 1. The third kappa shape index (κ3) is 3.81. The van der Waals surface area contributed by atoms with Gasteiger partial charge in [0.1, 0.15) is 11.6 Å². The van der Waals surface area contributed by atoms with Gasteiger partial charge in [0.15, 0.2) is 0 Å². The lowest BCUT2D eigenvalue weighted by molar-refractivity contribution is 0.00223. The van der Waals surface area contributed by atoms with Crippen molar-refractivity contribution < 1.29 is 5.11 Å². The van der Waals surface area contributed by atoms with Crippen LogP contribution >= 0.6 is 0 Å². The fourth-order valence-electron chi connectivity index (χ4n) is 2.67. The van der Waals surface area contributed by atoms with E-state index in [1.165, 1.54) is 6.42 Å². The standard InChI is InChI=1S/C14H24N4O/c1-2-11-6-8-14(19,9-7-11)10-16-12-4-3-5-13(17-12)18-15/h3-5,11,19H,2,6-10,15H2,1H3,(H2,16,17,18). The van der Waals surface area contributed by atoms with Gasteiger partial charge < -0.3 is 15.8 Å². The van der Waals surface area contributed by atoms with Crippen molar-refractivity contribution >= 4 is 11.6 Å². The second-order valence-corrected chi connectivity index (χ2v) is 5.48. The summed E-state index contributed by atoms with van der Waals surface area (Å²) in [5.74, 6) is 7.46. The van der Waals surface area contributed by atoms with Crippen LogP contribution in [0, 0.1) is 5.92 Å². The van der Waals surface area contributed by atoms with Crippen molar-refractivity contribution in [3.05, 3.63) is 18.2 Å². The smallest absolute Gasteiger partial charge is 0.142 e. The number of pyridine rings is 1. The van der Waals surface area contributed by atoms with Crippen LogP contribution in [0.25, 0.3) is 0 Å². The third-order valence-electron chi connectivity index (χ3n) is 4.11. The fraction of sp³-hybridized carbons (Fsp3) is 0.643. The normalized spacial score (nSPS) is 27.0. The molecule has 1 fully saturated rings. The number of nitrogens with two attached hydrogens (primary N) is 1. The number of aliphatic hydroxyl groups is 1. The first kappa shape index (κ1) is 14.1. The summed E-state index contributed by atoms with van der Waals surface area (Å²) < 4.78 is 0. The summed E-state index contributed by atoms with van der Waals surface area (Å²) in [4.78, 5) is 4.28. The van der Waals surface area contributed by atoms with E-state index in [0.717, 1.165) is 37.4 Å². The molecule has 5 N–H and O–H groups in total. The maximum absolute atomic E-state index is 10.5. The minimum atomic E-state index is -0.598. The Hall–Kier alpha value is -1.33. The highest BCUT2D eigenvalue weighted by atomic mass is 16.3. The minimum absolute atomic E-state index is 0.546. The number of nitrogen functional groups attached to an aromatic ring is 1. The van der Waals surface area contributed by atoms with Gasteiger partial charge in [-0.25, -0.2) is 10.8 Å². The molecule has 0 amide bonds. The first-order valence-corrected chi connectivity index (χ1v) is 7.05. The van der Waals surface area contributed by atoms with Gasteiger partial charge in [-0.05, 0) is 43.7 Å². The first-order chi connectivity index (χ1) is 9.15. The van der Waals surface area contributed by atoms with Gasteiger partial charge in [0.2, 0.25) is 0 Å². The topological polar surface area (TPSA) is 83.2 Å². The molecule has 0 atom stereocenters. The Kier molecular flexibility index (Phi) is 4.61. The van der Waals surface area contributed by atoms with Gasteiger partial charge in [-0.1, -0.05) is 19.4 Å². The van der Waals surface area contributed by atoms with Crippen LogP contribution in [-0.2, 0) is 0 Å². The molecule has 0 unspecified atom stereocenters. The Labute approximate surface area is 114 Å². The van der Waals surface area contributed by atoms with E-state index < -0.39 is 5.60 Å². The molecule has 0 saturated heterocycles. The van der Waals surface area contributed by atoms with Gasteiger partial charge >= 0.3 is 0 Å². The highest BCUT2D eigenvalue weighted by molar-refractivity contribution is 5.44. The molecule has 1 aliphatic rings. The molecule has 0 radical (unpaired) electrons. The van der Waals surface area contributed by atoms with E-state index in [2.05, 4.69) is 22.7 Å². The second kappa shape index (κ2) is 6.21. The van der Waals surface area contributed by atoms with E-state index in [9.17, 15) is 5.11 Å². The number of rotatable bonds is 5. The van der Waals surface area contributed by atoms with Gasteiger partial charge in [-0.3, -0.25) is 0 Å². The lowest BCUT2D eigenvalue weighted by Crippen LogP contribution is -2.40. The summed E-state index contributed by atoms with van der Waals surface area (Å²) in [6, 6.07) is 5.55. The summed E-state index contributed by atoms with van der Waals surface area (Å²) in [6.45, 7) is 2.77. The molecule has 0 spiro atoms. The molecular formula is C14H24N4O. The van der Waals surface area contributed by atoms with Crippen LogP contribution in [0.3, 0.4) is 0 Å². The van der Waals surface area contributed by atoms with Crippen molar-refractivity contribution in [2.24, 2.45) is 11.8 Å². The number of anilines is 2. The van der Waals surface area contributed by atoms with Crippen molar-refractivity contribution in [1.82, 2.24) is 4.98 Å². The summed E-state index contributed by atoms with van der Waals surface area (Å²) >= 11 is 0. The van der Waals surface area contributed by atoms with Crippen LogP contribution in [0.1, 0.15) is 39.0 Å². The Morgan fingerprint density at radius 2 is 2.05 bits per heavy atom. The number of hydrogen-bond donors (Lipinski definition) is 4. The van der Waals surface area contributed by atoms with Crippen LogP contribution in [0.15, 0.2) is 18.2 Å². The van der Waals surface area contributed by atoms with Crippen molar-refractivity contribution in [2.75, 3.05) is 17.3 Å². The number of hydrogen-bond acceptors (Lipinski definition) is 5. The quantitative estimate of drug-likeness (QED) is 0.483. The summed E-state index contributed by atoms with van der Waals surface area (Å²) in [7, 11) is 0. The maximum atomic E-state index is 10.5. The highest BCUT2D eigenvalue weighted by Gasteiger charge is 2.32. The van der Waals surface area contributed by atoms with E-state index in [1.807, 2.05) is 12.1 Å². The molecule has 1 aliphatic carbocycles. The maximum Gasteiger partial charge on any atom is 0.142 e. The molecule has 0 aromatic carbocycles. The van der Waals surface area contributed by atoms with E-state index in [1.54, 1.807) is 6.07 Å². The first-order valence-electron chi connectivity index (χ1n) is 7.05. The van der Waals surface area contributed by atoms with Crippen LogP contribution < -0.4 is 16.6 Å². The predicted octanol–water partition coefficient (Wildman–Crippen LogP) is 2.11. The molecule has 0 bridgehead atoms. The molecule has 1 aromatic heterocycles. The second-order valence-electron chi connectivity index (χ2n) is 5.48. The van der Waals surface area contributed by atoms with Crippen LogP contribution in [0.5, 0.6) is 0 Å². The van der Waals surface area contributed by atoms with Crippen molar-refractivity contribution in [2.45, 2.75) is 44.6 Å². The molecule has 1 heterocycles. The monoisotopic (exact) mass is 264 g/mol. The number of nitrogens with zero attached hydrogens (tertiary/aromatic N) is 1. The Morgan fingerprint density at radius 3 is 2.68 bits per heavy atom. The fourth-order valence-corrected chi connectivity index (χ4v) is 2.67. The van der Waals surface area contributed by atoms with Crippen LogP contribution in [0.4, 0.5) is 11.6 Å². The molecule has 1 saturated carbocycles. The Bertz CT molecular complexity index is 402. The van der Waals surface area contributed by atoms with Gasteiger partial charge in [0.05, 0.1) is 5.60 Å². The highest BCUT2D eigenvalue weighted by Crippen LogP contribution is 2.33. The molecule has 5 heteroatoms. The molecule has 106 valence electrons.